The molecule has 0 aliphatic heterocycles. The van der Waals surface area contributed by atoms with E-state index < -0.39 is 11.9 Å². The first-order valence-corrected chi connectivity index (χ1v) is 10.8. The van der Waals surface area contributed by atoms with Gasteiger partial charge in [-0.15, -0.1) is 0 Å². The number of pyridine rings is 1. The van der Waals surface area contributed by atoms with E-state index in [2.05, 4.69) is 21.7 Å². The molecule has 2 aromatic heterocycles. The molecule has 7 nitrogen and oxygen atoms in total. The van der Waals surface area contributed by atoms with Crippen LogP contribution >= 0.6 is 0 Å². The van der Waals surface area contributed by atoms with Crippen molar-refractivity contribution >= 4 is 17.8 Å². The molecule has 35 heavy (non-hydrogen) atoms. The number of allylic oxidation sites excluding steroid dienone is 1. The van der Waals surface area contributed by atoms with Crippen molar-refractivity contribution < 1.29 is 18.0 Å². The van der Waals surface area contributed by atoms with Gasteiger partial charge < -0.3 is 10.6 Å². The maximum Gasteiger partial charge on any atom is 0.433 e. The van der Waals surface area contributed by atoms with E-state index in [0.29, 0.717) is 42.2 Å². The first-order chi connectivity index (χ1) is 16.7. The van der Waals surface area contributed by atoms with E-state index in [1.807, 2.05) is 6.92 Å². The van der Waals surface area contributed by atoms with Crippen LogP contribution in [0.2, 0.25) is 0 Å². The van der Waals surface area contributed by atoms with E-state index in [-0.39, 0.29) is 11.6 Å². The van der Waals surface area contributed by atoms with Crippen LogP contribution in [0.3, 0.4) is 0 Å². The molecule has 3 aromatic rings. The number of benzene rings is 1. The number of nitrogens with two attached hydrogens (primary N) is 1. The summed E-state index contributed by atoms with van der Waals surface area (Å²) in [5.41, 5.74) is 6.27. The number of rotatable bonds is 9. The number of amides is 1. The standard InChI is InChI=1S/C25H25F3N6O/c1-3-33(24(35)20-9-5-4-8-19(20)18(2)30-14-7-13-29)16-17-34-15-12-22(32-34)21-10-6-11-23(31-21)25(26,27)28/h4-15H,2-3,16-17,29H2,1H3/b13-7-,30-14?. The molecule has 0 saturated carbocycles. The molecule has 0 radical (unpaired) electrons. The summed E-state index contributed by atoms with van der Waals surface area (Å²) < 4.78 is 40.5. The zero-order valence-electron chi connectivity index (χ0n) is 19.1. The van der Waals surface area contributed by atoms with Gasteiger partial charge in [-0.25, -0.2) is 4.98 Å². The van der Waals surface area contributed by atoms with Gasteiger partial charge in [0, 0.05) is 36.6 Å². The summed E-state index contributed by atoms with van der Waals surface area (Å²) in [7, 11) is 0. The maximum absolute atomic E-state index is 13.3. The van der Waals surface area contributed by atoms with Gasteiger partial charge >= 0.3 is 6.18 Å². The number of hydrogen-bond acceptors (Lipinski definition) is 5. The fraction of sp³-hybridized carbons (Fsp3) is 0.200. The summed E-state index contributed by atoms with van der Waals surface area (Å²) in [6.07, 6.45) is 1.51. The monoisotopic (exact) mass is 482 g/mol. The van der Waals surface area contributed by atoms with Crippen LogP contribution in [-0.4, -0.2) is 44.9 Å². The van der Waals surface area contributed by atoms with Gasteiger partial charge in [-0.2, -0.15) is 18.3 Å². The Hall–Kier alpha value is -4.21. The van der Waals surface area contributed by atoms with Crippen LogP contribution in [0.4, 0.5) is 13.2 Å². The topological polar surface area (TPSA) is 89.4 Å². The highest BCUT2D eigenvalue weighted by molar-refractivity contribution is 5.99. The number of aliphatic imine (C=N–C) groups is 1. The third-order valence-electron chi connectivity index (χ3n) is 5.11. The van der Waals surface area contributed by atoms with E-state index in [4.69, 9.17) is 5.73 Å². The van der Waals surface area contributed by atoms with Gasteiger partial charge in [0.05, 0.1) is 17.9 Å². The molecule has 0 saturated heterocycles. The van der Waals surface area contributed by atoms with E-state index in [1.54, 1.807) is 52.2 Å². The zero-order valence-corrected chi connectivity index (χ0v) is 19.1. The lowest BCUT2D eigenvalue weighted by molar-refractivity contribution is -0.141. The van der Waals surface area contributed by atoms with Crippen molar-refractivity contribution in [1.82, 2.24) is 19.7 Å². The fourth-order valence-corrected chi connectivity index (χ4v) is 3.33. The minimum atomic E-state index is -4.53. The van der Waals surface area contributed by atoms with Crippen LogP contribution in [0.1, 0.15) is 28.5 Å². The molecule has 3 rings (SSSR count). The summed E-state index contributed by atoms with van der Waals surface area (Å²) in [4.78, 5) is 22.8. The van der Waals surface area contributed by atoms with E-state index in [0.717, 1.165) is 6.07 Å². The highest BCUT2D eigenvalue weighted by Crippen LogP contribution is 2.29. The van der Waals surface area contributed by atoms with Crippen molar-refractivity contribution in [3.63, 3.8) is 0 Å². The van der Waals surface area contributed by atoms with Crippen LogP contribution in [-0.2, 0) is 12.7 Å². The van der Waals surface area contributed by atoms with Crippen LogP contribution in [0.15, 0.2) is 78.6 Å². The predicted molar refractivity (Wildman–Crippen MR) is 129 cm³/mol. The minimum Gasteiger partial charge on any atom is -0.405 e. The summed E-state index contributed by atoms with van der Waals surface area (Å²) in [6, 6.07) is 12.3. The van der Waals surface area contributed by atoms with Crippen molar-refractivity contribution in [2.45, 2.75) is 19.6 Å². The van der Waals surface area contributed by atoms with E-state index in [9.17, 15) is 18.0 Å². The van der Waals surface area contributed by atoms with Crippen LogP contribution in [0.25, 0.3) is 17.1 Å². The Morgan fingerprint density at radius 3 is 2.57 bits per heavy atom. The second-order valence-corrected chi connectivity index (χ2v) is 7.41. The van der Waals surface area contributed by atoms with E-state index >= 15 is 0 Å². The summed E-state index contributed by atoms with van der Waals surface area (Å²) in [5, 5.41) is 4.33. The molecule has 0 bridgehead atoms. The lowest BCUT2D eigenvalue weighted by Gasteiger charge is -2.22. The molecule has 1 amide bonds. The molecule has 182 valence electrons. The lowest BCUT2D eigenvalue weighted by Crippen LogP contribution is -2.34. The largest absolute Gasteiger partial charge is 0.433 e. The minimum absolute atomic E-state index is 0.125. The highest BCUT2D eigenvalue weighted by Gasteiger charge is 2.32. The molecule has 1 aromatic carbocycles. The van der Waals surface area contributed by atoms with Gasteiger partial charge in [0.1, 0.15) is 11.4 Å². The van der Waals surface area contributed by atoms with Gasteiger partial charge in [0.2, 0.25) is 0 Å². The van der Waals surface area contributed by atoms with Crippen LogP contribution in [0, 0.1) is 0 Å². The summed E-state index contributed by atoms with van der Waals surface area (Å²) in [6.45, 7) is 6.93. The summed E-state index contributed by atoms with van der Waals surface area (Å²) >= 11 is 0. The average Bonchev–Trinajstić information content (AvgIpc) is 3.33. The first-order valence-electron chi connectivity index (χ1n) is 10.8. The molecule has 10 heteroatoms. The molecule has 2 N–H and O–H groups in total. The number of carbonyl (C=O) groups is 1. The highest BCUT2D eigenvalue weighted by atomic mass is 19.4. The molecule has 0 aliphatic rings. The van der Waals surface area contributed by atoms with Crippen molar-refractivity contribution in [1.29, 1.82) is 0 Å². The number of carbonyl (C=O) groups excluding carboxylic acids is 1. The number of aromatic nitrogens is 3. The molecular weight excluding hydrogens is 457 g/mol. The quantitative estimate of drug-likeness (QED) is 0.450. The molecular formula is C25H25F3N6O. The molecule has 0 spiro atoms. The average molecular weight is 483 g/mol. The van der Waals surface area contributed by atoms with Crippen molar-refractivity contribution in [2.24, 2.45) is 10.7 Å². The molecule has 2 heterocycles. The maximum atomic E-state index is 13.3. The third-order valence-corrected chi connectivity index (χ3v) is 5.11. The predicted octanol–water partition coefficient (Wildman–Crippen LogP) is 4.64. The number of nitrogens with zero attached hydrogens (tertiary/aromatic N) is 5. The van der Waals surface area contributed by atoms with E-state index in [1.165, 1.54) is 24.5 Å². The number of likely N-dealkylation sites (N-methyl/N-ethyl adjacent to an activating group) is 1. The zero-order chi connectivity index (χ0) is 25.4. The summed E-state index contributed by atoms with van der Waals surface area (Å²) in [5.74, 6) is -0.194. The molecule has 0 unspecified atom stereocenters. The Bertz CT molecular complexity index is 1250. The van der Waals surface area contributed by atoms with Crippen LogP contribution in [0.5, 0.6) is 0 Å². The Morgan fingerprint density at radius 1 is 1.14 bits per heavy atom. The van der Waals surface area contributed by atoms with Gasteiger partial charge in [0.25, 0.3) is 5.91 Å². The Balaban J connectivity index is 1.73. The third kappa shape index (κ3) is 6.44. The first kappa shape index (κ1) is 25.4. The number of halogens is 3. The Morgan fingerprint density at radius 2 is 1.89 bits per heavy atom. The second kappa shape index (κ2) is 11.3. The van der Waals surface area contributed by atoms with Crippen molar-refractivity contribution in [3.05, 3.63) is 90.4 Å². The van der Waals surface area contributed by atoms with Gasteiger partial charge in [-0.05, 0) is 43.5 Å². The van der Waals surface area contributed by atoms with Gasteiger partial charge in [0.15, 0.2) is 0 Å². The number of alkyl halides is 3. The smallest absolute Gasteiger partial charge is 0.405 e. The van der Waals surface area contributed by atoms with Gasteiger partial charge in [-0.3, -0.25) is 14.5 Å². The second-order valence-electron chi connectivity index (χ2n) is 7.41. The molecule has 0 aliphatic carbocycles. The SMILES string of the molecule is C=C(N=C/C=C\N)c1ccccc1C(=O)N(CC)CCn1ccc(-c2cccc(C(F)(F)F)n2)n1. The van der Waals surface area contributed by atoms with Gasteiger partial charge in [-0.1, -0.05) is 30.8 Å². The Kier molecular flexibility index (Phi) is 8.19. The normalized spacial score (nSPS) is 11.9. The fourth-order valence-electron chi connectivity index (χ4n) is 3.33. The molecule has 0 atom stereocenters. The lowest BCUT2D eigenvalue weighted by atomic mass is 10.0. The van der Waals surface area contributed by atoms with Crippen molar-refractivity contribution in [3.8, 4) is 11.4 Å². The molecule has 0 fully saturated rings. The van der Waals surface area contributed by atoms with Crippen LogP contribution < -0.4 is 5.73 Å². The van der Waals surface area contributed by atoms with Crippen molar-refractivity contribution in [2.75, 3.05) is 13.1 Å². The number of hydrogen-bond donors (Lipinski definition) is 1. The Labute approximate surface area is 201 Å².